The largest absolute Gasteiger partial charge is 0.468 e. The van der Waals surface area contributed by atoms with E-state index in [2.05, 4.69) is 6.07 Å². The molecule has 2 aliphatic rings. The van der Waals surface area contributed by atoms with Crippen LogP contribution in [0.4, 0.5) is 0 Å². The van der Waals surface area contributed by atoms with E-state index in [1.165, 1.54) is 36.8 Å². The third-order valence-corrected chi connectivity index (χ3v) is 6.66. The Kier molecular flexibility index (Phi) is 5.08. The summed E-state index contributed by atoms with van der Waals surface area (Å²) in [7, 11) is 1.40. The van der Waals surface area contributed by atoms with E-state index in [4.69, 9.17) is 4.74 Å². The molecule has 1 atom stereocenters. The van der Waals surface area contributed by atoms with Crippen LogP contribution >= 0.6 is 23.1 Å². The van der Waals surface area contributed by atoms with Gasteiger partial charge in [0, 0.05) is 23.7 Å². The minimum Gasteiger partial charge on any atom is -0.468 e. The Balaban J connectivity index is 1.72. The smallest absolute Gasteiger partial charge is 0.320 e. The van der Waals surface area contributed by atoms with Crippen molar-refractivity contribution in [1.82, 2.24) is 4.90 Å². The summed E-state index contributed by atoms with van der Waals surface area (Å²) in [6, 6.07) is 2.09. The molecule has 0 bridgehead atoms. The Morgan fingerprint density at radius 2 is 2.09 bits per heavy atom. The van der Waals surface area contributed by atoms with E-state index in [1.807, 2.05) is 4.90 Å². The molecule has 1 saturated heterocycles. The lowest BCUT2D eigenvalue weighted by molar-refractivity contribution is -0.140. The summed E-state index contributed by atoms with van der Waals surface area (Å²) in [6.45, 7) is 1.16. The molecule has 120 valence electrons. The summed E-state index contributed by atoms with van der Waals surface area (Å²) in [5.41, 5.74) is 1.36. The van der Waals surface area contributed by atoms with E-state index in [0.29, 0.717) is 13.1 Å². The van der Waals surface area contributed by atoms with Crippen LogP contribution in [0.25, 0.3) is 0 Å². The van der Waals surface area contributed by atoms with Gasteiger partial charge in [-0.05, 0) is 37.3 Å². The molecule has 6 heteroatoms. The van der Waals surface area contributed by atoms with E-state index in [1.54, 1.807) is 23.1 Å². The normalized spacial score (nSPS) is 21.9. The average molecular weight is 339 g/mol. The molecule has 22 heavy (non-hydrogen) atoms. The Morgan fingerprint density at radius 3 is 2.91 bits per heavy atom. The number of thioether (sulfide) groups is 1. The number of hydrogen-bond donors (Lipinski definition) is 0. The molecule has 1 aromatic rings. The van der Waals surface area contributed by atoms with Gasteiger partial charge in [-0.1, -0.05) is 6.42 Å². The molecule has 1 aromatic heterocycles. The number of aryl methyl sites for hydroxylation is 2. The molecule has 0 saturated carbocycles. The topological polar surface area (TPSA) is 46.6 Å². The molecule has 0 spiro atoms. The van der Waals surface area contributed by atoms with Crippen LogP contribution in [0, 0.1) is 0 Å². The number of rotatable bonds is 2. The van der Waals surface area contributed by atoms with Crippen molar-refractivity contribution >= 4 is 35.0 Å². The van der Waals surface area contributed by atoms with Crippen LogP contribution in [-0.4, -0.2) is 48.0 Å². The highest BCUT2D eigenvalue weighted by atomic mass is 32.2. The number of esters is 1. The first-order valence-corrected chi connectivity index (χ1v) is 9.66. The summed E-state index contributed by atoms with van der Waals surface area (Å²) < 4.78 is 4.81. The molecule has 4 nitrogen and oxygen atoms in total. The van der Waals surface area contributed by atoms with Crippen LogP contribution in [0.5, 0.6) is 0 Å². The second kappa shape index (κ2) is 7.04. The van der Waals surface area contributed by atoms with E-state index < -0.39 is 0 Å². The lowest BCUT2D eigenvalue weighted by Gasteiger charge is -2.30. The molecule has 1 amide bonds. The fraction of sp³-hybridized carbons (Fsp3) is 0.625. The molecule has 2 heterocycles. The average Bonchev–Trinajstić information content (AvgIpc) is 2.84. The quantitative estimate of drug-likeness (QED) is 0.614. The minimum absolute atomic E-state index is 0.0762. The number of carbonyl (C=O) groups is 2. The van der Waals surface area contributed by atoms with Crippen molar-refractivity contribution in [2.75, 3.05) is 26.0 Å². The second-order valence-corrected chi connectivity index (χ2v) is 8.20. The Bertz CT molecular complexity index is 546. The molecule has 0 aromatic carbocycles. The molecular formula is C16H21NO3S2. The molecule has 0 radical (unpaired) electrons. The molecule has 1 aliphatic carbocycles. The van der Waals surface area contributed by atoms with Gasteiger partial charge in [-0.25, -0.2) is 0 Å². The maximum atomic E-state index is 12.7. The Hall–Kier alpha value is -1.01. The zero-order valence-electron chi connectivity index (χ0n) is 12.8. The van der Waals surface area contributed by atoms with Crippen molar-refractivity contribution in [2.24, 2.45) is 0 Å². The molecule has 0 unspecified atom stereocenters. The molecule has 1 fully saturated rings. The standard InChI is InChI=1S/C16H21NO3S2/c1-20-16(19)14-10-17(7-8-21-14)15(18)13-9-11-5-3-2-4-6-12(11)22-13/h9,14H,2-8,10H2,1H3/t14-/m1/s1. The van der Waals surface area contributed by atoms with Gasteiger partial charge in [0.25, 0.3) is 5.91 Å². The number of methoxy groups -OCH3 is 1. The summed E-state index contributed by atoms with van der Waals surface area (Å²) >= 11 is 3.23. The van der Waals surface area contributed by atoms with Crippen molar-refractivity contribution in [2.45, 2.75) is 37.4 Å². The van der Waals surface area contributed by atoms with Crippen molar-refractivity contribution in [3.8, 4) is 0 Å². The maximum absolute atomic E-state index is 12.7. The number of nitrogens with zero attached hydrogens (tertiary/aromatic N) is 1. The van der Waals surface area contributed by atoms with Crippen LogP contribution < -0.4 is 0 Å². The van der Waals surface area contributed by atoms with Gasteiger partial charge in [0.05, 0.1) is 12.0 Å². The van der Waals surface area contributed by atoms with Crippen LogP contribution in [-0.2, 0) is 22.4 Å². The first-order valence-electron chi connectivity index (χ1n) is 7.79. The van der Waals surface area contributed by atoms with Gasteiger partial charge in [-0.2, -0.15) is 0 Å². The number of carbonyl (C=O) groups excluding carboxylic acids is 2. The fourth-order valence-corrected chi connectivity index (χ4v) is 5.39. The Morgan fingerprint density at radius 1 is 1.27 bits per heavy atom. The van der Waals surface area contributed by atoms with Gasteiger partial charge in [0.2, 0.25) is 0 Å². The van der Waals surface area contributed by atoms with Crippen molar-refractivity contribution < 1.29 is 14.3 Å². The summed E-state index contributed by atoms with van der Waals surface area (Å²) in [6.07, 6.45) is 5.94. The van der Waals surface area contributed by atoms with Crippen molar-refractivity contribution in [3.63, 3.8) is 0 Å². The van der Waals surface area contributed by atoms with Crippen LogP contribution in [0.1, 0.15) is 39.4 Å². The van der Waals surface area contributed by atoms with Crippen molar-refractivity contribution in [1.29, 1.82) is 0 Å². The van der Waals surface area contributed by atoms with Gasteiger partial charge >= 0.3 is 5.97 Å². The Labute approximate surface area is 139 Å². The number of hydrogen-bond acceptors (Lipinski definition) is 5. The summed E-state index contributed by atoms with van der Waals surface area (Å²) in [4.78, 5) is 28.5. The van der Waals surface area contributed by atoms with Gasteiger partial charge in [-0.15, -0.1) is 23.1 Å². The number of amides is 1. The van der Waals surface area contributed by atoms with Crippen LogP contribution in [0.2, 0.25) is 0 Å². The minimum atomic E-state index is -0.250. The first-order chi connectivity index (χ1) is 10.7. The zero-order valence-corrected chi connectivity index (χ0v) is 14.4. The first kappa shape index (κ1) is 15.9. The third kappa shape index (κ3) is 3.33. The molecule has 0 N–H and O–H groups in total. The molecule has 3 rings (SSSR count). The van der Waals surface area contributed by atoms with Gasteiger partial charge < -0.3 is 9.64 Å². The lowest BCUT2D eigenvalue weighted by Crippen LogP contribution is -2.44. The monoisotopic (exact) mass is 339 g/mol. The zero-order chi connectivity index (χ0) is 15.5. The van der Waals surface area contributed by atoms with Gasteiger partial charge in [0.15, 0.2) is 0 Å². The highest BCUT2D eigenvalue weighted by Gasteiger charge is 2.31. The number of thiophene rings is 1. The highest BCUT2D eigenvalue weighted by molar-refractivity contribution is 8.00. The van der Waals surface area contributed by atoms with Gasteiger partial charge in [0.1, 0.15) is 5.25 Å². The van der Waals surface area contributed by atoms with Crippen molar-refractivity contribution in [3.05, 3.63) is 21.4 Å². The van der Waals surface area contributed by atoms with Crippen LogP contribution in [0.3, 0.4) is 0 Å². The van der Waals surface area contributed by atoms with Crippen LogP contribution in [0.15, 0.2) is 6.07 Å². The highest BCUT2D eigenvalue weighted by Crippen LogP contribution is 2.30. The fourth-order valence-electron chi connectivity index (χ4n) is 3.04. The third-order valence-electron chi connectivity index (χ3n) is 4.28. The number of fused-ring (bicyclic) bond motifs is 1. The van der Waals surface area contributed by atoms with E-state index in [-0.39, 0.29) is 17.1 Å². The molecular weight excluding hydrogens is 318 g/mol. The SMILES string of the molecule is COC(=O)[C@H]1CN(C(=O)c2cc3c(s2)CCCCC3)CCS1. The predicted octanol–water partition coefficient (Wildman–Crippen LogP) is 2.75. The maximum Gasteiger partial charge on any atom is 0.320 e. The lowest BCUT2D eigenvalue weighted by atomic mass is 10.1. The van der Waals surface area contributed by atoms with E-state index in [9.17, 15) is 9.59 Å². The summed E-state index contributed by atoms with van der Waals surface area (Å²) in [5, 5.41) is -0.250. The number of ether oxygens (including phenoxy) is 1. The second-order valence-electron chi connectivity index (χ2n) is 5.75. The van der Waals surface area contributed by atoms with Gasteiger partial charge in [-0.3, -0.25) is 9.59 Å². The predicted molar refractivity (Wildman–Crippen MR) is 89.7 cm³/mol. The van der Waals surface area contributed by atoms with E-state index >= 15 is 0 Å². The summed E-state index contributed by atoms with van der Waals surface area (Å²) in [5.74, 6) is 0.632. The van der Waals surface area contributed by atoms with E-state index in [0.717, 1.165) is 23.5 Å². The molecule has 1 aliphatic heterocycles.